The first kappa shape index (κ1) is 81.6. The molecule has 0 aliphatic rings. The van der Waals surface area contributed by atoms with Crippen LogP contribution in [0.15, 0.2) is 255 Å². The summed E-state index contributed by atoms with van der Waals surface area (Å²) in [5, 5.41) is 5.75. The highest BCUT2D eigenvalue weighted by Gasteiger charge is 2.29. The second-order valence-electron chi connectivity index (χ2n) is 26.7. The number of esters is 2. The molecule has 0 heterocycles. The van der Waals surface area contributed by atoms with Crippen LogP contribution in [0.3, 0.4) is 0 Å². The largest absolute Gasteiger partial charge is 0.489 e. The van der Waals surface area contributed by atoms with E-state index in [1.807, 2.05) is 243 Å². The zero-order valence-corrected chi connectivity index (χ0v) is 69.5. The number of carbonyl (C=O) groups is 2. The van der Waals surface area contributed by atoms with Crippen LogP contribution in [0.25, 0.3) is 65.3 Å². The Morgan fingerprint density at radius 2 is 0.542 bits per heavy atom. The van der Waals surface area contributed by atoms with Crippen molar-refractivity contribution in [2.45, 2.75) is 26.4 Å². The summed E-state index contributed by atoms with van der Waals surface area (Å²) in [4.78, 5) is 26.2. The van der Waals surface area contributed by atoms with E-state index < -0.39 is 11.9 Å². The molecule has 0 fully saturated rings. The molecule has 0 atom stereocenters. The first-order valence-corrected chi connectivity index (χ1v) is 39.4. The van der Waals surface area contributed by atoms with Gasteiger partial charge in [0.2, 0.25) is 0 Å². The van der Waals surface area contributed by atoms with E-state index in [0.29, 0.717) is 141 Å². The summed E-state index contributed by atoms with van der Waals surface area (Å²) in [5.41, 5.74) is 9.63. The van der Waals surface area contributed by atoms with Gasteiger partial charge in [-0.1, -0.05) is 169 Å². The number of benzene rings is 14. The topological polar surface area (TPSA) is 163 Å². The van der Waals surface area contributed by atoms with Crippen LogP contribution in [0.4, 0.5) is 0 Å². The molecule has 0 aromatic heterocycles. The Hall–Kier alpha value is -13.0. The van der Waals surface area contributed by atoms with Gasteiger partial charge in [-0.2, -0.15) is 0 Å². The molecule has 118 heavy (non-hydrogen) atoms. The molecular formula is C100H76I2O16. The van der Waals surface area contributed by atoms with Crippen molar-refractivity contribution in [3.05, 3.63) is 329 Å². The van der Waals surface area contributed by atoms with Crippen LogP contribution in [0, 0.1) is 54.5 Å². The highest BCUT2D eigenvalue weighted by Crippen LogP contribution is 2.52. The number of hydrogen-bond acceptors (Lipinski definition) is 16. The minimum absolute atomic E-state index is 0.203. The Morgan fingerprint density at radius 3 is 0.797 bits per heavy atom. The van der Waals surface area contributed by atoms with Crippen LogP contribution >= 0.6 is 45.2 Å². The average molecular weight is 1790 g/mol. The molecule has 0 amide bonds. The number of halogens is 2. The Morgan fingerprint density at radius 1 is 0.280 bits per heavy atom. The minimum Gasteiger partial charge on any atom is -0.489 e. The van der Waals surface area contributed by atoms with Gasteiger partial charge < -0.3 is 66.3 Å². The third-order valence-corrected chi connectivity index (χ3v) is 20.8. The standard InChI is InChI=1S/C100H76I2O16/c1-105-61-115-95-75(49-71-37-41-79(111-57-67-21-11-7-12-22-67)53-83(71)91(95)93-85-55-81(113-59-69-25-15-9-16-26-69)43-39-73(85)51-77(97(93)117-63-107-3)35-31-65-33-45-89(101)87(47-65)99(103)109-5)29-19-20-30-76-50-72-38-42-80(112-58-68-23-13-8-14-24-68)54-84(72)92(96(76)116-62-106-2)94-86-56-82(114-60-70-27-17-10-18-28-70)44-40-74(86)52-78(98(94)118-64-108-4)36-32-66-34-46-90(102)88(48-66)100(104)110-6/h7-18,21-28,33-34,37-56H,57-64H2,1-6H3. The van der Waals surface area contributed by atoms with E-state index in [2.05, 4.69) is 92.5 Å². The Labute approximate surface area is 711 Å². The first-order chi connectivity index (χ1) is 57.9. The summed E-state index contributed by atoms with van der Waals surface area (Å²) < 4.78 is 89.1. The molecule has 0 radical (unpaired) electrons. The molecular weight excluding hydrogens is 1710 g/mol. The van der Waals surface area contributed by atoms with Gasteiger partial charge in [0.15, 0.2) is 27.2 Å². The third kappa shape index (κ3) is 19.6. The summed E-state index contributed by atoms with van der Waals surface area (Å²) >= 11 is 4.22. The van der Waals surface area contributed by atoms with Crippen molar-refractivity contribution < 1.29 is 75.9 Å². The Balaban J connectivity index is 1.02. The maximum absolute atomic E-state index is 13.1. The lowest BCUT2D eigenvalue weighted by Crippen LogP contribution is -2.07. The summed E-state index contributed by atoms with van der Waals surface area (Å²) in [6, 6.07) is 81.7. The molecule has 0 saturated heterocycles. The zero-order valence-electron chi connectivity index (χ0n) is 65.2. The highest BCUT2D eigenvalue weighted by atomic mass is 127. The fourth-order valence-electron chi connectivity index (χ4n) is 13.4. The molecule has 18 heteroatoms. The summed E-state index contributed by atoms with van der Waals surface area (Å²) in [6.45, 7) is 0.237. The number of carbonyl (C=O) groups excluding carboxylic acids is 2. The Bertz CT molecular complexity index is 5940. The van der Waals surface area contributed by atoms with Gasteiger partial charge >= 0.3 is 11.9 Å². The van der Waals surface area contributed by atoms with Crippen molar-refractivity contribution in [1.82, 2.24) is 0 Å². The SMILES string of the molecule is COCOc1c(C#CC#Cc2cc3ccc(OCc4ccccc4)cc3c(-c3c(OCOC)c(C#Cc4ccc(I)c(C(=O)OC)c4)cc4ccc(OCc5ccccc5)cc34)c2OCOC)cc2ccc(OCc3ccccc3)cc2c1-c1c(OCOC)c(C#Cc2ccc(I)c(C(=O)OC)c2)cc2ccc(OCc3ccccc3)cc12. The number of rotatable bonds is 28. The summed E-state index contributed by atoms with van der Waals surface area (Å²) in [6.07, 6.45) is 0. The van der Waals surface area contributed by atoms with Crippen LogP contribution in [-0.4, -0.2) is 81.8 Å². The second kappa shape index (κ2) is 39.6. The van der Waals surface area contributed by atoms with E-state index in [0.717, 1.165) is 43.8 Å². The molecule has 0 saturated carbocycles. The fraction of sp³-hybridized carbons (Fsp3) is 0.140. The van der Waals surface area contributed by atoms with Crippen molar-refractivity contribution in [3.63, 3.8) is 0 Å². The van der Waals surface area contributed by atoms with Gasteiger partial charge in [-0.3, -0.25) is 0 Å². The average Bonchev–Trinajstić information content (AvgIpc) is 0.736. The normalized spacial score (nSPS) is 10.7. The molecule has 14 aromatic carbocycles. The van der Waals surface area contributed by atoms with E-state index in [4.69, 9.17) is 66.3 Å². The van der Waals surface area contributed by atoms with Crippen molar-refractivity contribution >= 4 is 100 Å². The smallest absolute Gasteiger partial charge is 0.338 e. The molecule has 0 bridgehead atoms. The van der Waals surface area contributed by atoms with Gasteiger partial charge in [0.05, 0.1) is 47.6 Å². The van der Waals surface area contributed by atoms with Gasteiger partial charge in [-0.15, -0.1) is 0 Å². The molecule has 14 rings (SSSR count). The quantitative estimate of drug-likeness (QED) is 0.0197. The summed E-state index contributed by atoms with van der Waals surface area (Å²) in [7, 11) is 8.88. The van der Waals surface area contributed by atoms with Crippen LogP contribution < -0.4 is 37.9 Å². The van der Waals surface area contributed by atoms with Gasteiger partial charge in [-0.05, 0) is 243 Å². The Kier molecular flexibility index (Phi) is 27.3. The maximum atomic E-state index is 13.1. The molecule has 0 unspecified atom stereocenters. The molecule has 586 valence electrons. The van der Waals surface area contributed by atoms with E-state index in [-0.39, 0.29) is 53.6 Å². The monoisotopic (exact) mass is 1790 g/mol. The van der Waals surface area contributed by atoms with Crippen molar-refractivity contribution in [1.29, 1.82) is 0 Å². The van der Waals surface area contributed by atoms with Crippen molar-refractivity contribution in [2.75, 3.05) is 69.8 Å². The lowest BCUT2D eigenvalue weighted by molar-refractivity contribution is 0.0500. The van der Waals surface area contributed by atoms with Crippen molar-refractivity contribution in [3.8, 4) is 116 Å². The molecule has 0 N–H and O–H groups in total. The van der Waals surface area contributed by atoms with E-state index >= 15 is 0 Å². The molecule has 0 aliphatic heterocycles. The first-order valence-electron chi connectivity index (χ1n) is 37.3. The predicted molar refractivity (Wildman–Crippen MR) is 474 cm³/mol. The van der Waals surface area contributed by atoms with Crippen LogP contribution in [-0.2, 0) is 54.8 Å². The number of methoxy groups -OCH3 is 6. The van der Waals surface area contributed by atoms with Gasteiger partial charge in [0, 0.05) is 69.0 Å². The lowest BCUT2D eigenvalue weighted by Gasteiger charge is -2.22. The molecule has 0 spiro atoms. The van der Waals surface area contributed by atoms with Gasteiger partial charge in [-0.25, -0.2) is 9.59 Å². The number of hydrogen-bond donors (Lipinski definition) is 0. The van der Waals surface area contributed by atoms with Gasteiger partial charge in [0.25, 0.3) is 0 Å². The highest BCUT2D eigenvalue weighted by molar-refractivity contribution is 14.1. The summed E-state index contributed by atoms with van der Waals surface area (Å²) in [5.74, 6) is 29.5. The van der Waals surface area contributed by atoms with Crippen LogP contribution in [0.2, 0.25) is 0 Å². The van der Waals surface area contributed by atoms with Gasteiger partial charge in [0.1, 0.15) is 72.4 Å². The zero-order chi connectivity index (χ0) is 81.7. The van der Waals surface area contributed by atoms with Crippen LogP contribution in [0.5, 0.6) is 46.0 Å². The minimum atomic E-state index is -0.494. The maximum Gasteiger partial charge on any atom is 0.338 e. The fourth-order valence-corrected chi connectivity index (χ4v) is 14.5. The molecule has 16 nitrogen and oxygen atoms in total. The van der Waals surface area contributed by atoms with Crippen molar-refractivity contribution in [2.24, 2.45) is 0 Å². The predicted octanol–water partition coefficient (Wildman–Crippen LogP) is 20.9. The number of fused-ring (bicyclic) bond motifs is 4. The lowest BCUT2D eigenvalue weighted by atomic mass is 9.88. The van der Waals surface area contributed by atoms with Crippen LogP contribution in [0.1, 0.15) is 76.4 Å². The van der Waals surface area contributed by atoms with E-state index in [9.17, 15) is 9.59 Å². The molecule has 0 aliphatic carbocycles. The van der Waals surface area contributed by atoms with E-state index in [1.54, 1.807) is 40.6 Å². The number of ether oxygens (including phenoxy) is 14. The third-order valence-electron chi connectivity index (χ3n) is 18.9. The second-order valence-corrected chi connectivity index (χ2v) is 29.0. The molecule has 14 aromatic rings. The van der Waals surface area contributed by atoms with E-state index in [1.165, 1.54) is 14.2 Å².